The van der Waals surface area contributed by atoms with E-state index in [1.165, 1.54) is 18.6 Å². The zero-order valence-electron chi connectivity index (χ0n) is 17.2. The fourth-order valence-corrected chi connectivity index (χ4v) is 5.90. The van der Waals surface area contributed by atoms with Gasteiger partial charge in [-0.2, -0.15) is 10.5 Å². The SMILES string of the molecule is CC1C2C(C(=O)NC(C#N)Cc3ccc(-c4ccc(C#N)c(F)c4)cc3)NC3CCC312. The quantitative estimate of drug-likeness (QED) is 0.786. The van der Waals surface area contributed by atoms with Crippen LogP contribution in [-0.4, -0.2) is 24.0 Å². The lowest BCUT2D eigenvalue weighted by Crippen LogP contribution is -2.51. The summed E-state index contributed by atoms with van der Waals surface area (Å²) in [5, 5.41) is 24.8. The number of halogens is 1. The Morgan fingerprint density at radius 1 is 1.26 bits per heavy atom. The number of piperidine rings is 1. The molecule has 2 aromatic carbocycles. The van der Waals surface area contributed by atoms with Gasteiger partial charge in [0.25, 0.3) is 0 Å². The molecular weight excluding hydrogens is 391 g/mol. The Hall–Kier alpha value is -3.22. The number of hydrogen-bond donors (Lipinski definition) is 2. The molecule has 6 atom stereocenters. The molecule has 156 valence electrons. The van der Waals surface area contributed by atoms with Gasteiger partial charge in [0.05, 0.1) is 17.7 Å². The van der Waals surface area contributed by atoms with E-state index >= 15 is 0 Å². The van der Waals surface area contributed by atoms with Crippen LogP contribution in [0.3, 0.4) is 0 Å². The van der Waals surface area contributed by atoms with Crippen LogP contribution in [0.4, 0.5) is 4.39 Å². The van der Waals surface area contributed by atoms with Gasteiger partial charge in [-0.3, -0.25) is 4.79 Å². The van der Waals surface area contributed by atoms with Crippen molar-refractivity contribution >= 4 is 5.91 Å². The number of benzene rings is 2. The van der Waals surface area contributed by atoms with Crippen LogP contribution in [0.15, 0.2) is 42.5 Å². The van der Waals surface area contributed by atoms with Gasteiger partial charge in [0.2, 0.25) is 5.91 Å². The molecule has 2 N–H and O–H groups in total. The Morgan fingerprint density at radius 2 is 2.00 bits per heavy atom. The van der Waals surface area contributed by atoms with Crippen LogP contribution in [0, 0.1) is 45.7 Å². The van der Waals surface area contributed by atoms with Gasteiger partial charge >= 0.3 is 0 Å². The zero-order chi connectivity index (χ0) is 21.8. The summed E-state index contributed by atoms with van der Waals surface area (Å²) < 4.78 is 13.9. The first-order chi connectivity index (χ1) is 15.0. The lowest BCUT2D eigenvalue weighted by atomic mass is 9.75. The molecule has 1 saturated heterocycles. The highest BCUT2D eigenvalue weighted by molar-refractivity contribution is 5.84. The van der Waals surface area contributed by atoms with E-state index < -0.39 is 11.9 Å². The normalized spacial score (nSPS) is 30.7. The third kappa shape index (κ3) is 3.02. The molecule has 2 saturated carbocycles. The van der Waals surface area contributed by atoms with Gasteiger partial charge in [-0.1, -0.05) is 37.3 Å². The van der Waals surface area contributed by atoms with E-state index in [1.54, 1.807) is 6.07 Å². The van der Waals surface area contributed by atoms with E-state index in [-0.39, 0.29) is 17.5 Å². The van der Waals surface area contributed by atoms with Crippen molar-refractivity contribution in [3.8, 4) is 23.3 Å². The van der Waals surface area contributed by atoms with Crippen LogP contribution in [0.1, 0.15) is 30.9 Å². The van der Waals surface area contributed by atoms with Crippen molar-refractivity contribution in [1.82, 2.24) is 10.6 Å². The molecule has 6 heteroatoms. The first kappa shape index (κ1) is 19.7. The summed E-state index contributed by atoms with van der Waals surface area (Å²) in [6.07, 6.45) is 2.75. The summed E-state index contributed by atoms with van der Waals surface area (Å²) in [5.41, 5.74) is 2.78. The number of carbonyl (C=O) groups excluding carboxylic acids is 1. The highest BCUT2D eigenvalue weighted by Gasteiger charge is 2.77. The smallest absolute Gasteiger partial charge is 0.238 e. The van der Waals surface area contributed by atoms with Crippen LogP contribution < -0.4 is 10.6 Å². The molecule has 5 rings (SSSR count). The molecule has 6 unspecified atom stereocenters. The summed E-state index contributed by atoms with van der Waals surface area (Å²) in [4.78, 5) is 12.8. The van der Waals surface area contributed by atoms with E-state index in [4.69, 9.17) is 5.26 Å². The molecule has 3 aliphatic rings. The van der Waals surface area contributed by atoms with Crippen LogP contribution in [0.25, 0.3) is 11.1 Å². The summed E-state index contributed by atoms with van der Waals surface area (Å²) in [7, 11) is 0. The summed E-state index contributed by atoms with van der Waals surface area (Å²) >= 11 is 0. The molecule has 1 amide bonds. The largest absolute Gasteiger partial charge is 0.339 e. The van der Waals surface area contributed by atoms with Crippen molar-refractivity contribution in [1.29, 1.82) is 10.5 Å². The minimum Gasteiger partial charge on any atom is -0.339 e. The van der Waals surface area contributed by atoms with Crippen molar-refractivity contribution in [3.63, 3.8) is 0 Å². The van der Waals surface area contributed by atoms with Crippen LogP contribution >= 0.6 is 0 Å². The van der Waals surface area contributed by atoms with E-state index in [1.807, 2.05) is 30.3 Å². The van der Waals surface area contributed by atoms with E-state index in [0.29, 0.717) is 35.3 Å². The monoisotopic (exact) mass is 414 g/mol. The van der Waals surface area contributed by atoms with Gasteiger partial charge in [0, 0.05) is 12.5 Å². The van der Waals surface area contributed by atoms with Crippen LogP contribution in [0.2, 0.25) is 0 Å². The number of nitrogens with zero attached hydrogens (tertiary/aromatic N) is 2. The fraction of sp³-hybridized carbons (Fsp3) is 0.400. The topological polar surface area (TPSA) is 88.7 Å². The van der Waals surface area contributed by atoms with Gasteiger partial charge in [0.1, 0.15) is 17.9 Å². The summed E-state index contributed by atoms with van der Waals surface area (Å²) in [6, 6.07) is 15.7. The van der Waals surface area contributed by atoms with Crippen molar-refractivity contribution in [2.75, 3.05) is 0 Å². The summed E-state index contributed by atoms with van der Waals surface area (Å²) in [5.74, 6) is 0.373. The van der Waals surface area contributed by atoms with Gasteiger partial charge in [0.15, 0.2) is 0 Å². The van der Waals surface area contributed by atoms with Gasteiger partial charge in [-0.25, -0.2) is 4.39 Å². The lowest BCUT2D eigenvalue weighted by Gasteiger charge is -2.36. The average Bonchev–Trinajstić information content (AvgIpc) is 3.32. The number of nitrogens with one attached hydrogen (secondary N) is 2. The molecule has 0 bridgehead atoms. The van der Waals surface area contributed by atoms with E-state index in [9.17, 15) is 14.4 Å². The number of nitriles is 2. The molecule has 5 nitrogen and oxygen atoms in total. The molecule has 31 heavy (non-hydrogen) atoms. The number of carbonyl (C=O) groups is 1. The number of amides is 1. The zero-order valence-corrected chi connectivity index (χ0v) is 17.2. The molecular formula is C25H23FN4O. The molecule has 1 spiro atoms. The Kier molecular flexibility index (Phi) is 4.57. The average molecular weight is 414 g/mol. The first-order valence-corrected chi connectivity index (χ1v) is 10.7. The highest BCUT2D eigenvalue weighted by Crippen LogP contribution is 2.74. The molecule has 0 aromatic heterocycles. The predicted molar refractivity (Wildman–Crippen MR) is 113 cm³/mol. The molecule has 0 radical (unpaired) electrons. The molecule has 2 aromatic rings. The van der Waals surface area contributed by atoms with Crippen molar-refractivity contribution < 1.29 is 9.18 Å². The van der Waals surface area contributed by atoms with Crippen LogP contribution in [0.5, 0.6) is 0 Å². The maximum atomic E-state index is 13.9. The lowest BCUT2D eigenvalue weighted by molar-refractivity contribution is -0.123. The minimum absolute atomic E-state index is 0.0178. The fourth-order valence-electron chi connectivity index (χ4n) is 5.90. The predicted octanol–water partition coefficient (Wildman–Crippen LogP) is 3.30. The Morgan fingerprint density at radius 3 is 2.55 bits per heavy atom. The number of hydrogen-bond acceptors (Lipinski definition) is 4. The standard InChI is InChI=1S/C25H23FN4O/c1-14-22-23(30-21-8-9-25(14,21)22)24(31)29-19(13-28)10-15-2-4-16(5-3-15)17-6-7-18(12-27)20(26)11-17/h2-7,11,14,19,21-23,30H,8-10H2,1H3,(H,29,31). The highest BCUT2D eigenvalue weighted by atomic mass is 19.1. The van der Waals surface area contributed by atoms with E-state index in [2.05, 4.69) is 23.6 Å². The molecule has 2 aliphatic carbocycles. The second-order valence-electron chi connectivity index (χ2n) is 9.06. The molecule has 1 heterocycles. The van der Waals surface area contributed by atoms with Crippen molar-refractivity contribution in [2.45, 2.75) is 44.3 Å². The van der Waals surface area contributed by atoms with Crippen LogP contribution in [-0.2, 0) is 11.2 Å². The third-order valence-electron chi connectivity index (χ3n) is 7.72. The first-order valence-electron chi connectivity index (χ1n) is 10.7. The Balaban J connectivity index is 1.23. The second-order valence-corrected chi connectivity index (χ2v) is 9.06. The maximum Gasteiger partial charge on any atom is 0.238 e. The maximum absolute atomic E-state index is 13.9. The van der Waals surface area contributed by atoms with Gasteiger partial charge in [-0.15, -0.1) is 0 Å². The molecule has 1 aliphatic heterocycles. The van der Waals surface area contributed by atoms with Gasteiger partial charge in [-0.05, 0) is 58.9 Å². The van der Waals surface area contributed by atoms with Gasteiger partial charge < -0.3 is 10.6 Å². The van der Waals surface area contributed by atoms with Crippen molar-refractivity contribution in [2.24, 2.45) is 17.3 Å². The Labute approximate surface area is 180 Å². The number of rotatable bonds is 5. The summed E-state index contributed by atoms with van der Waals surface area (Å²) in [6.45, 7) is 2.24. The van der Waals surface area contributed by atoms with Crippen molar-refractivity contribution in [3.05, 3.63) is 59.4 Å². The molecule has 3 fully saturated rings. The second kappa shape index (κ2) is 7.18. The minimum atomic E-state index is -0.601. The third-order valence-corrected chi connectivity index (χ3v) is 7.72. The Bertz CT molecular complexity index is 1130. The van der Waals surface area contributed by atoms with E-state index in [0.717, 1.165) is 17.5 Å².